The van der Waals surface area contributed by atoms with Gasteiger partial charge in [0.2, 0.25) is 0 Å². The van der Waals surface area contributed by atoms with Crippen molar-refractivity contribution in [1.29, 1.82) is 0 Å². The van der Waals surface area contributed by atoms with Crippen LogP contribution in [0.1, 0.15) is 16.1 Å². The summed E-state index contributed by atoms with van der Waals surface area (Å²) in [6, 6.07) is 18.5. The highest BCUT2D eigenvalue weighted by Gasteiger charge is 2.22. The third kappa shape index (κ3) is 3.88. The van der Waals surface area contributed by atoms with E-state index in [0.717, 1.165) is 14.9 Å². The van der Waals surface area contributed by atoms with Gasteiger partial charge >= 0.3 is 0 Å². The lowest BCUT2D eigenvalue weighted by Crippen LogP contribution is -2.30. The van der Waals surface area contributed by atoms with Gasteiger partial charge in [-0.3, -0.25) is 14.7 Å². The number of halogens is 2. The molecule has 0 aliphatic carbocycles. The second kappa shape index (κ2) is 7.76. The number of hydrogen-bond donors (Lipinski definition) is 0. The van der Waals surface area contributed by atoms with Crippen molar-refractivity contribution in [3.8, 4) is 0 Å². The fourth-order valence-corrected chi connectivity index (χ4v) is 4.17. The van der Waals surface area contributed by atoms with Crippen molar-refractivity contribution >= 4 is 60.1 Å². The van der Waals surface area contributed by atoms with Crippen LogP contribution < -0.4 is 4.90 Å². The molecule has 7 heteroatoms. The number of carbonyl (C=O) groups is 1. The smallest absolute Gasteiger partial charge is 0.260 e. The summed E-state index contributed by atoms with van der Waals surface area (Å²) < 4.78 is 1.86. The monoisotopic (exact) mass is 457 g/mol. The maximum Gasteiger partial charge on any atom is 0.260 e. The van der Waals surface area contributed by atoms with E-state index in [4.69, 9.17) is 11.6 Å². The maximum absolute atomic E-state index is 13.2. The van der Waals surface area contributed by atoms with Crippen LogP contribution in [0.4, 0.5) is 5.13 Å². The molecule has 0 fully saturated rings. The molecule has 1 amide bonds. The van der Waals surface area contributed by atoms with E-state index in [9.17, 15) is 4.79 Å². The summed E-state index contributed by atoms with van der Waals surface area (Å²) in [5, 5.41) is 1.17. The molecule has 4 rings (SSSR count). The van der Waals surface area contributed by atoms with E-state index in [1.54, 1.807) is 29.3 Å². The van der Waals surface area contributed by atoms with Gasteiger partial charge in [0.25, 0.3) is 5.91 Å². The average Bonchev–Trinajstić information content (AvgIpc) is 3.12. The number of anilines is 1. The number of benzene rings is 2. The fourth-order valence-electron chi connectivity index (χ4n) is 2.65. The summed E-state index contributed by atoms with van der Waals surface area (Å²) in [5.74, 6) is -0.136. The molecule has 4 aromatic rings. The molecule has 0 saturated heterocycles. The zero-order chi connectivity index (χ0) is 18.8. The summed E-state index contributed by atoms with van der Waals surface area (Å²) in [6.45, 7) is 0.327. The number of rotatable bonds is 4. The minimum atomic E-state index is -0.136. The van der Waals surface area contributed by atoms with Crippen LogP contribution in [0.15, 0.2) is 71.3 Å². The predicted molar refractivity (Wildman–Crippen MR) is 114 cm³/mol. The highest BCUT2D eigenvalue weighted by atomic mass is 79.9. The van der Waals surface area contributed by atoms with Crippen LogP contribution in [0.2, 0.25) is 5.02 Å². The van der Waals surface area contributed by atoms with Crippen LogP contribution in [0.5, 0.6) is 0 Å². The molecule has 0 aliphatic rings. The molecule has 2 aromatic heterocycles. The number of fused-ring (bicyclic) bond motifs is 1. The predicted octanol–water partition coefficient (Wildman–Crippen LogP) is 5.95. The van der Waals surface area contributed by atoms with Crippen molar-refractivity contribution in [2.24, 2.45) is 0 Å². The third-order valence-electron chi connectivity index (χ3n) is 3.97. The van der Waals surface area contributed by atoms with Gasteiger partial charge in [-0.25, -0.2) is 4.98 Å². The minimum absolute atomic E-state index is 0.136. The Hall–Kier alpha value is -2.28. The quantitative estimate of drug-likeness (QED) is 0.379. The Bertz CT molecular complexity index is 1100. The fraction of sp³-hybridized carbons (Fsp3) is 0.0500. The van der Waals surface area contributed by atoms with E-state index in [0.29, 0.717) is 27.8 Å². The number of para-hydroxylation sites is 1. The molecular weight excluding hydrogens is 446 g/mol. The van der Waals surface area contributed by atoms with Crippen molar-refractivity contribution in [2.45, 2.75) is 6.54 Å². The second-order valence-electron chi connectivity index (χ2n) is 5.80. The summed E-state index contributed by atoms with van der Waals surface area (Å²) >= 11 is 11.1. The third-order valence-corrected chi connectivity index (χ3v) is 5.85. The first-order valence-corrected chi connectivity index (χ1v) is 10.1. The van der Waals surface area contributed by atoms with Gasteiger partial charge in [0.05, 0.1) is 22.0 Å². The molecule has 2 heterocycles. The summed E-state index contributed by atoms with van der Waals surface area (Å²) in [4.78, 5) is 23.9. The van der Waals surface area contributed by atoms with Gasteiger partial charge in [-0.1, -0.05) is 51.0 Å². The Morgan fingerprint density at radius 1 is 1.07 bits per heavy atom. The molecule has 134 valence electrons. The van der Waals surface area contributed by atoms with Crippen molar-refractivity contribution < 1.29 is 4.79 Å². The molecule has 27 heavy (non-hydrogen) atoms. The second-order valence-corrected chi connectivity index (χ2v) is 8.13. The van der Waals surface area contributed by atoms with E-state index in [-0.39, 0.29) is 5.91 Å². The molecule has 0 atom stereocenters. The summed E-state index contributed by atoms with van der Waals surface area (Å²) in [7, 11) is 0. The molecule has 4 nitrogen and oxygen atoms in total. The highest BCUT2D eigenvalue weighted by Crippen LogP contribution is 2.34. The number of pyridine rings is 1. The lowest BCUT2D eigenvalue weighted by atomic mass is 10.2. The van der Waals surface area contributed by atoms with Gasteiger partial charge in [0.15, 0.2) is 5.13 Å². The summed E-state index contributed by atoms with van der Waals surface area (Å²) in [6.07, 6.45) is 1.72. The standard InChI is InChI=1S/C20H13BrClN3OS/c21-14-9-7-13(8-10-14)19(26)25(12-15-4-1-2-11-23-15)20-24-18-16(22)5-3-6-17(18)27-20/h1-11H,12H2. The molecule has 0 saturated carbocycles. The molecule has 0 radical (unpaired) electrons. The molecule has 0 unspecified atom stereocenters. The van der Waals surface area contributed by atoms with Crippen molar-refractivity contribution in [2.75, 3.05) is 4.90 Å². The van der Waals surface area contributed by atoms with E-state index < -0.39 is 0 Å². The molecule has 0 spiro atoms. The van der Waals surface area contributed by atoms with Crippen molar-refractivity contribution in [3.05, 3.63) is 87.6 Å². The zero-order valence-electron chi connectivity index (χ0n) is 14.0. The Labute approximate surface area is 173 Å². The molecule has 2 aromatic carbocycles. The number of thiazole rings is 1. The molecular formula is C20H13BrClN3OS. The van der Waals surface area contributed by atoms with Gasteiger partial charge < -0.3 is 0 Å². The number of aromatic nitrogens is 2. The Kier molecular flexibility index (Phi) is 5.20. The van der Waals surface area contributed by atoms with E-state index in [2.05, 4.69) is 25.9 Å². The lowest BCUT2D eigenvalue weighted by Gasteiger charge is -2.19. The zero-order valence-corrected chi connectivity index (χ0v) is 17.1. The van der Waals surface area contributed by atoms with Gasteiger partial charge in [-0.2, -0.15) is 0 Å². The van der Waals surface area contributed by atoms with E-state index in [1.165, 1.54) is 11.3 Å². The normalized spacial score (nSPS) is 10.9. The van der Waals surface area contributed by atoms with Crippen LogP contribution in [0.25, 0.3) is 10.2 Å². The number of carbonyl (C=O) groups excluding carboxylic acids is 1. The molecule has 0 aliphatic heterocycles. The van der Waals surface area contributed by atoms with Crippen LogP contribution in [0.3, 0.4) is 0 Å². The average molecular weight is 459 g/mol. The Morgan fingerprint density at radius 3 is 2.59 bits per heavy atom. The SMILES string of the molecule is O=C(c1ccc(Br)cc1)N(Cc1ccccn1)c1nc2c(Cl)cccc2s1. The Balaban J connectivity index is 1.78. The first kappa shape index (κ1) is 18.1. The van der Waals surface area contributed by atoms with Crippen molar-refractivity contribution in [1.82, 2.24) is 9.97 Å². The number of amides is 1. The van der Waals surface area contributed by atoms with Gasteiger partial charge in [-0.15, -0.1) is 0 Å². The maximum atomic E-state index is 13.2. The topological polar surface area (TPSA) is 46.1 Å². The number of hydrogen-bond acceptors (Lipinski definition) is 4. The van der Waals surface area contributed by atoms with Crippen LogP contribution in [-0.2, 0) is 6.54 Å². The molecule has 0 bridgehead atoms. The Morgan fingerprint density at radius 2 is 1.89 bits per heavy atom. The first-order valence-electron chi connectivity index (χ1n) is 8.14. The van der Waals surface area contributed by atoms with Gasteiger partial charge in [-0.05, 0) is 48.5 Å². The van der Waals surface area contributed by atoms with E-state index >= 15 is 0 Å². The first-order chi connectivity index (χ1) is 13.1. The van der Waals surface area contributed by atoms with Crippen LogP contribution in [-0.4, -0.2) is 15.9 Å². The van der Waals surface area contributed by atoms with Gasteiger partial charge in [0.1, 0.15) is 5.52 Å². The molecule has 0 N–H and O–H groups in total. The lowest BCUT2D eigenvalue weighted by molar-refractivity contribution is 0.0985. The van der Waals surface area contributed by atoms with Crippen LogP contribution in [0, 0.1) is 0 Å². The van der Waals surface area contributed by atoms with Gasteiger partial charge in [0, 0.05) is 16.2 Å². The number of nitrogens with zero attached hydrogens (tertiary/aromatic N) is 3. The largest absolute Gasteiger partial charge is 0.278 e. The van der Waals surface area contributed by atoms with E-state index in [1.807, 2.05) is 42.5 Å². The summed E-state index contributed by atoms with van der Waals surface area (Å²) in [5.41, 5.74) is 2.07. The highest BCUT2D eigenvalue weighted by molar-refractivity contribution is 9.10. The minimum Gasteiger partial charge on any atom is -0.278 e. The van der Waals surface area contributed by atoms with Crippen molar-refractivity contribution in [3.63, 3.8) is 0 Å². The van der Waals surface area contributed by atoms with Crippen LogP contribution >= 0.6 is 38.9 Å².